The van der Waals surface area contributed by atoms with Gasteiger partial charge in [-0.25, -0.2) is 14.3 Å². The zero-order chi connectivity index (χ0) is 72.4. The van der Waals surface area contributed by atoms with E-state index in [1.165, 1.54) is 43.3 Å². The number of benzene rings is 4. The van der Waals surface area contributed by atoms with E-state index in [9.17, 15) is 58.1 Å². The number of allylic oxidation sites excluding steroid dienone is 1. The SMILES string of the molecule is CCC1=C(Nc2cc(N(CC)CC)ccc2N=Nc2nc3c(s2)C=C(C(=O)Nc2cccc(S(=O)(=O)O)c2)C(=O)[N+]32CCOCC2)N=C(Nc2cc(N(CC)CC)ccc2N=Nc2nc(N3CCOCC3)c(C=C(C(C)=O)C(=O)Nc3cccc(S(=O)(=O)O)c3)s2)N=C(SCCS(=O)(=O)O)C1. The summed E-state index contributed by atoms with van der Waals surface area (Å²) in [6.07, 6.45) is 3.39. The lowest BCUT2D eigenvalue weighted by molar-refractivity contribution is -0.132. The first-order valence-electron chi connectivity index (χ1n) is 31.9. The molecule has 6 heterocycles. The number of hydrogen-bond donors (Lipinski definition) is 7. The molecule has 101 heavy (non-hydrogen) atoms. The summed E-state index contributed by atoms with van der Waals surface area (Å²) in [6.45, 7) is 15.9. The molecule has 0 aliphatic carbocycles. The minimum Gasteiger partial charge on any atom is -0.378 e. The number of rotatable bonds is 26. The largest absolute Gasteiger partial charge is 0.378 e. The fourth-order valence-corrected chi connectivity index (χ4v) is 15.8. The first-order chi connectivity index (χ1) is 48.2. The van der Waals surface area contributed by atoms with Crippen LogP contribution in [-0.2, 0) is 59.0 Å². The number of guanidine groups is 1. The lowest BCUT2D eigenvalue weighted by atomic mass is 10.1. The van der Waals surface area contributed by atoms with E-state index in [1.54, 1.807) is 12.1 Å². The number of carbonyl (C=O) groups excluding carboxylic acids is 4. The summed E-state index contributed by atoms with van der Waals surface area (Å²) in [5, 5.41) is 31.6. The quantitative estimate of drug-likeness (QED) is 0.00662. The fourth-order valence-electron chi connectivity index (χ4n) is 11.2. The number of nitrogens with zero attached hydrogens (tertiary/aromatic N) is 12. The molecule has 4 aromatic carbocycles. The molecule has 37 heteroatoms. The van der Waals surface area contributed by atoms with Gasteiger partial charge in [0, 0.05) is 74.2 Å². The third-order valence-corrected chi connectivity index (χ3v) is 21.8. The predicted molar refractivity (Wildman–Crippen MR) is 392 cm³/mol. The third-order valence-electron chi connectivity index (χ3n) is 16.4. The van der Waals surface area contributed by atoms with E-state index < -0.39 is 69.4 Å². The molecule has 0 atom stereocenters. The molecule has 1 spiro atoms. The summed E-state index contributed by atoms with van der Waals surface area (Å²) >= 11 is 3.26. The first kappa shape index (κ1) is 74.8. The van der Waals surface area contributed by atoms with Gasteiger partial charge in [0.25, 0.3) is 48.0 Å². The number of azo groups is 2. The van der Waals surface area contributed by atoms with Crippen molar-refractivity contribution >= 4 is 179 Å². The number of nitrogens with one attached hydrogen (secondary N) is 4. The Balaban J connectivity index is 1.02. The van der Waals surface area contributed by atoms with Crippen molar-refractivity contribution in [1.82, 2.24) is 14.5 Å². The van der Waals surface area contributed by atoms with Gasteiger partial charge in [0.15, 0.2) is 5.78 Å². The molecule has 0 radical (unpaired) electrons. The second kappa shape index (κ2) is 32.4. The highest BCUT2D eigenvalue weighted by atomic mass is 32.2. The van der Waals surface area contributed by atoms with Gasteiger partial charge in [-0.1, -0.05) is 41.7 Å². The zero-order valence-corrected chi connectivity index (χ0v) is 60.5. The molecule has 0 bridgehead atoms. The van der Waals surface area contributed by atoms with Crippen LogP contribution < -0.4 is 40.4 Å². The van der Waals surface area contributed by atoms with Gasteiger partial charge in [-0.3, -0.25) is 28.0 Å². The Morgan fingerprint density at radius 3 is 1.82 bits per heavy atom. The number of ketones is 1. The van der Waals surface area contributed by atoms with Crippen LogP contribution in [0.15, 0.2) is 148 Å². The Bertz CT molecular complexity index is 4780. The van der Waals surface area contributed by atoms with Crippen LogP contribution in [0.1, 0.15) is 64.1 Å². The molecular weight excluding hydrogens is 1430 g/mol. The van der Waals surface area contributed by atoms with Gasteiger partial charge >= 0.3 is 5.91 Å². The number of hydrogen-bond acceptors (Lipinski definition) is 28. The molecule has 534 valence electrons. The second-order valence-corrected chi connectivity index (χ2v) is 30.4. The van der Waals surface area contributed by atoms with Crippen LogP contribution in [0.4, 0.5) is 67.4 Å². The molecule has 2 saturated heterocycles. The van der Waals surface area contributed by atoms with Gasteiger partial charge in [0.1, 0.15) is 46.6 Å². The maximum atomic E-state index is 14.6. The highest BCUT2D eigenvalue weighted by Crippen LogP contribution is 2.45. The van der Waals surface area contributed by atoms with Gasteiger partial charge < -0.3 is 45.4 Å². The molecule has 3 amide bonds. The summed E-state index contributed by atoms with van der Waals surface area (Å²) in [5.41, 5.74) is 3.31. The molecule has 0 unspecified atom stereocenters. The van der Waals surface area contributed by atoms with Crippen LogP contribution in [-0.4, -0.2) is 174 Å². The van der Waals surface area contributed by atoms with Crippen molar-refractivity contribution in [2.24, 2.45) is 30.4 Å². The zero-order valence-electron chi connectivity index (χ0n) is 55.6. The van der Waals surface area contributed by atoms with Gasteiger partial charge in [-0.2, -0.15) is 40.2 Å². The number of thioether (sulfide) groups is 1. The molecule has 2 fully saturated rings. The molecule has 2 aromatic heterocycles. The average molecular weight is 1500 g/mol. The van der Waals surface area contributed by atoms with Gasteiger partial charge in [0.05, 0.1) is 68.8 Å². The second-order valence-electron chi connectivity index (χ2n) is 22.8. The fraction of sp³-hybridized carbons (Fsp3) is 0.344. The summed E-state index contributed by atoms with van der Waals surface area (Å²) in [7, 11) is -13.6. The molecule has 31 nitrogen and oxygen atoms in total. The van der Waals surface area contributed by atoms with Gasteiger partial charge in [0.2, 0.25) is 16.2 Å². The highest BCUT2D eigenvalue weighted by Gasteiger charge is 2.51. The number of amides is 3. The van der Waals surface area contributed by atoms with E-state index in [0.717, 1.165) is 75.6 Å². The number of morpholine rings is 2. The molecule has 10 rings (SSSR count). The number of thiazole rings is 2. The first-order valence-corrected chi connectivity index (χ1v) is 39.0. The lowest BCUT2D eigenvalue weighted by Gasteiger charge is -2.38. The third kappa shape index (κ3) is 18.4. The van der Waals surface area contributed by atoms with Crippen LogP contribution in [0.2, 0.25) is 0 Å². The van der Waals surface area contributed by atoms with Crippen LogP contribution in [0.3, 0.4) is 0 Å². The van der Waals surface area contributed by atoms with E-state index in [0.29, 0.717) is 108 Å². The number of fused-ring (bicyclic) bond motifs is 2. The molecule has 4 aliphatic rings. The number of carbonyl (C=O) groups is 4. The molecule has 6 aromatic rings. The number of aromatic nitrogens is 2. The standard InChI is InChI=1S/C64H72N16O15S6/c1-7-40-32-55(96-30-31-99(85,86)87)69-62(68-52-36-44(78(10-4)11-5)19-21-50(52)74-75-63-71-57(79-22-26-94-27-23-79)53(97-63)37-47(39(6)81)59(82)65-41-14-12-16-45(33-41)100(88,89)90)70-56(40)67-51-35-43(77(8-2)9-3)18-20-49(51)73-76-64-72-58-54(98-64)38-48(61(84)80(58)24-28-95-29-25-80)60(83)66-42-15-13-17-46(34-42)101(91,92)93/h12-21,33-38H,7-11,22-32H2,1-6H3,(H6-,65,66,67,68,70,71,72,75,76,81,82,83,84,85,86,87,88,89,90,91,92,93)/p+1. The Hall–Kier alpha value is -8.86. The maximum absolute atomic E-state index is 14.6. The van der Waals surface area contributed by atoms with E-state index in [-0.39, 0.29) is 87.4 Å². The number of Topliss-reactive ketones (excluding diaryl/α,β-unsaturated/α-hetero) is 1. The van der Waals surface area contributed by atoms with E-state index in [4.69, 9.17) is 39.7 Å². The average Bonchev–Trinajstić information content (AvgIpc) is 1.68. The van der Waals surface area contributed by atoms with Crippen LogP contribution in [0.5, 0.6) is 0 Å². The Kier molecular flexibility index (Phi) is 24.0. The Morgan fingerprint density at radius 1 is 0.703 bits per heavy atom. The van der Waals surface area contributed by atoms with Crippen LogP contribution >= 0.6 is 34.4 Å². The van der Waals surface area contributed by atoms with Crippen molar-refractivity contribution in [3.63, 3.8) is 0 Å². The molecule has 4 aliphatic heterocycles. The Labute approximate surface area is 595 Å². The van der Waals surface area contributed by atoms with Crippen molar-refractivity contribution in [2.45, 2.75) is 64.2 Å². The van der Waals surface area contributed by atoms with Crippen molar-refractivity contribution in [1.29, 1.82) is 0 Å². The number of ether oxygens (including phenoxy) is 2. The minimum absolute atomic E-state index is 0.00535. The monoisotopic (exact) mass is 1500 g/mol. The smallest absolute Gasteiger partial charge is 0.358 e. The predicted octanol–water partition coefficient (Wildman–Crippen LogP) is 10.9. The van der Waals surface area contributed by atoms with Crippen molar-refractivity contribution < 1.29 is 67.6 Å². The van der Waals surface area contributed by atoms with E-state index in [2.05, 4.69) is 41.3 Å². The molecular formula is C64H73N16O15S6+. The van der Waals surface area contributed by atoms with Gasteiger partial charge in [-0.15, -0.1) is 32.2 Å². The lowest BCUT2D eigenvalue weighted by Crippen LogP contribution is -2.62. The summed E-state index contributed by atoms with van der Waals surface area (Å²) in [4.78, 5) is 81.6. The number of anilines is 7. The van der Waals surface area contributed by atoms with Crippen molar-refractivity contribution in [2.75, 3.05) is 126 Å². The number of quaternary nitrogens is 1. The molecule has 0 saturated carbocycles. The van der Waals surface area contributed by atoms with E-state index in [1.807, 2.05) is 63.8 Å². The summed E-state index contributed by atoms with van der Waals surface area (Å²) in [6, 6.07) is 21.0. The highest BCUT2D eigenvalue weighted by molar-refractivity contribution is 8.14. The van der Waals surface area contributed by atoms with Gasteiger partial charge in [-0.05, 0) is 132 Å². The normalized spacial score (nSPS) is 16.0. The summed E-state index contributed by atoms with van der Waals surface area (Å²) in [5.74, 6) is -2.36. The topological polar surface area (TPSA) is 408 Å². The van der Waals surface area contributed by atoms with Crippen LogP contribution in [0, 0.1) is 0 Å². The molecule has 7 N–H and O–H groups in total. The van der Waals surface area contributed by atoms with Crippen molar-refractivity contribution in [3.8, 4) is 0 Å². The minimum atomic E-state index is -4.62. The number of aliphatic imine (C=N–C) groups is 2. The van der Waals surface area contributed by atoms with Crippen LogP contribution in [0.25, 0.3) is 12.2 Å². The maximum Gasteiger partial charge on any atom is 0.358 e. The Morgan fingerprint density at radius 2 is 1.27 bits per heavy atom. The van der Waals surface area contributed by atoms with Crippen molar-refractivity contribution in [3.05, 3.63) is 117 Å². The van der Waals surface area contributed by atoms with E-state index >= 15 is 0 Å². The summed E-state index contributed by atoms with van der Waals surface area (Å²) < 4.78 is 112.